The van der Waals surface area contributed by atoms with Crippen molar-refractivity contribution < 1.29 is 9.53 Å². The second-order valence-corrected chi connectivity index (χ2v) is 6.24. The van der Waals surface area contributed by atoms with E-state index < -0.39 is 0 Å². The number of nitrogens with one attached hydrogen (secondary N) is 1. The molecule has 1 saturated carbocycles. The van der Waals surface area contributed by atoms with Gasteiger partial charge in [-0.1, -0.05) is 37.1 Å². The first-order chi connectivity index (χ1) is 10.1. The molecule has 0 saturated heterocycles. The molecule has 0 bridgehead atoms. The van der Waals surface area contributed by atoms with Crippen LogP contribution >= 0.6 is 0 Å². The highest BCUT2D eigenvalue weighted by molar-refractivity contribution is 5.92. The van der Waals surface area contributed by atoms with Crippen LogP contribution in [0.3, 0.4) is 0 Å². The summed E-state index contributed by atoms with van der Waals surface area (Å²) in [5.74, 6) is 0.259. The summed E-state index contributed by atoms with van der Waals surface area (Å²) in [6.45, 7) is 4.52. The molecule has 1 N–H and O–H groups in total. The standard InChI is InChI=1S/C18H23NO2/c1-3-21-17(20)12-16-14-9-5-4-8-13(14)15-10-6-7-11-18(15,2)19-16/h4-5,8-9,12,15,19H,3,6-7,10-11H2,1-2H3/b16-12+. The zero-order valence-electron chi connectivity index (χ0n) is 12.8. The predicted octanol–water partition coefficient (Wildman–Crippen LogP) is 3.61. The van der Waals surface area contributed by atoms with Crippen molar-refractivity contribution in [3.05, 3.63) is 41.5 Å². The molecule has 3 heteroatoms. The molecule has 3 nitrogen and oxygen atoms in total. The number of carbonyl (C=O) groups excluding carboxylic acids is 1. The summed E-state index contributed by atoms with van der Waals surface area (Å²) >= 11 is 0. The number of carbonyl (C=O) groups is 1. The number of hydrogen-bond donors (Lipinski definition) is 1. The van der Waals surface area contributed by atoms with Gasteiger partial charge in [-0.15, -0.1) is 0 Å². The average molecular weight is 285 g/mol. The van der Waals surface area contributed by atoms with Crippen LogP contribution in [0.4, 0.5) is 0 Å². The molecule has 2 unspecified atom stereocenters. The summed E-state index contributed by atoms with van der Waals surface area (Å²) in [6, 6.07) is 8.44. The summed E-state index contributed by atoms with van der Waals surface area (Å²) in [5.41, 5.74) is 3.47. The highest BCUT2D eigenvalue weighted by atomic mass is 16.5. The van der Waals surface area contributed by atoms with Crippen molar-refractivity contribution in [3.63, 3.8) is 0 Å². The SMILES string of the molecule is CCOC(=O)/C=C1/NC2(C)CCCCC2c2ccccc21. The predicted molar refractivity (Wildman–Crippen MR) is 83.8 cm³/mol. The number of fused-ring (bicyclic) bond motifs is 3. The van der Waals surface area contributed by atoms with E-state index in [0.29, 0.717) is 12.5 Å². The fourth-order valence-electron chi connectivity index (χ4n) is 3.82. The molecular weight excluding hydrogens is 262 g/mol. The summed E-state index contributed by atoms with van der Waals surface area (Å²) in [7, 11) is 0. The average Bonchev–Trinajstić information content (AvgIpc) is 2.47. The molecule has 1 aromatic carbocycles. The van der Waals surface area contributed by atoms with Crippen molar-refractivity contribution in [2.24, 2.45) is 0 Å². The molecule has 21 heavy (non-hydrogen) atoms. The summed E-state index contributed by atoms with van der Waals surface area (Å²) < 4.78 is 5.07. The Hall–Kier alpha value is -1.77. The Kier molecular flexibility index (Phi) is 3.75. The maximum Gasteiger partial charge on any atom is 0.332 e. The lowest BCUT2D eigenvalue weighted by atomic mass is 9.67. The Balaban J connectivity index is 2.04. The quantitative estimate of drug-likeness (QED) is 0.666. The summed E-state index contributed by atoms with van der Waals surface area (Å²) in [6.07, 6.45) is 6.50. The number of ether oxygens (including phenoxy) is 1. The molecule has 2 atom stereocenters. The Morgan fingerprint density at radius 1 is 1.43 bits per heavy atom. The second-order valence-electron chi connectivity index (χ2n) is 6.24. The third-order valence-corrected chi connectivity index (χ3v) is 4.80. The van der Waals surface area contributed by atoms with Crippen LogP contribution in [-0.2, 0) is 9.53 Å². The molecule has 1 aliphatic carbocycles. The molecule has 1 heterocycles. The minimum atomic E-state index is -0.271. The lowest BCUT2D eigenvalue weighted by molar-refractivity contribution is -0.137. The lowest BCUT2D eigenvalue weighted by Crippen LogP contribution is -2.51. The van der Waals surface area contributed by atoms with Gasteiger partial charge in [-0.05, 0) is 32.3 Å². The van der Waals surface area contributed by atoms with E-state index in [4.69, 9.17) is 4.74 Å². The minimum Gasteiger partial charge on any atom is -0.463 e. The molecule has 0 spiro atoms. The largest absolute Gasteiger partial charge is 0.463 e. The van der Waals surface area contributed by atoms with Crippen LogP contribution in [0.1, 0.15) is 56.6 Å². The van der Waals surface area contributed by atoms with Gasteiger partial charge in [0.1, 0.15) is 0 Å². The van der Waals surface area contributed by atoms with E-state index in [1.807, 2.05) is 13.0 Å². The zero-order valence-corrected chi connectivity index (χ0v) is 12.8. The number of benzene rings is 1. The molecule has 1 aromatic rings. The van der Waals surface area contributed by atoms with Crippen molar-refractivity contribution in [1.29, 1.82) is 0 Å². The van der Waals surface area contributed by atoms with E-state index in [0.717, 1.165) is 17.7 Å². The molecular formula is C18H23NO2. The maximum absolute atomic E-state index is 11.8. The molecule has 112 valence electrons. The van der Waals surface area contributed by atoms with Crippen LogP contribution in [-0.4, -0.2) is 18.1 Å². The highest BCUT2D eigenvalue weighted by Gasteiger charge is 2.42. The Bertz CT molecular complexity index is 578. The minimum absolute atomic E-state index is 0.0466. The first-order valence-corrected chi connectivity index (χ1v) is 7.90. The normalized spacial score (nSPS) is 29.2. The number of esters is 1. The highest BCUT2D eigenvalue weighted by Crippen LogP contribution is 2.47. The second kappa shape index (κ2) is 5.55. The van der Waals surface area contributed by atoms with E-state index in [9.17, 15) is 4.79 Å². The van der Waals surface area contributed by atoms with Crippen LogP contribution in [0.25, 0.3) is 5.70 Å². The van der Waals surface area contributed by atoms with E-state index in [-0.39, 0.29) is 11.5 Å². The van der Waals surface area contributed by atoms with E-state index in [2.05, 4.69) is 30.4 Å². The van der Waals surface area contributed by atoms with Gasteiger partial charge in [0.15, 0.2) is 0 Å². The third-order valence-electron chi connectivity index (χ3n) is 4.80. The van der Waals surface area contributed by atoms with Gasteiger partial charge in [-0.3, -0.25) is 0 Å². The summed E-state index contributed by atoms with van der Waals surface area (Å²) in [5, 5.41) is 3.64. The monoisotopic (exact) mass is 285 g/mol. The van der Waals surface area contributed by atoms with Crippen LogP contribution in [0, 0.1) is 0 Å². The molecule has 1 aliphatic heterocycles. The van der Waals surface area contributed by atoms with E-state index in [1.165, 1.54) is 24.8 Å². The van der Waals surface area contributed by atoms with Gasteiger partial charge in [0.05, 0.1) is 6.61 Å². The van der Waals surface area contributed by atoms with Gasteiger partial charge in [0.2, 0.25) is 0 Å². The van der Waals surface area contributed by atoms with Crippen molar-refractivity contribution in [3.8, 4) is 0 Å². The van der Waals surface area contributed by atoms with Crippen LogP contribution in [0.5, 0.6) is 0 Å². The molecule has 3 rings (SSSR count). The van der Waals surface area contributed by atoms with Crippen LogP contribution in [0.15, 0.2) is 30.3 Å². The van der Waals surface area contributed by atoms with Crippen LogP contribution < -0.4 is 5.32 Å². The molecule has 1 fully saturated rings. The topological polar surface area (TPSA) is 38.3 Å². The number of rotatable bonds is 2. The van der Waals surface area contributed by atoms with Crippen molar-refractivity contribution >= 4 is 11.7 Å². The first-order valence-electron chi connectivity index (χ1n) is 7.90. The van der Waals surface area contributed by atoms with Gasteiger partial charge >= 0.3 is 5.97 Å². The van der Waals surface area contributed by atoms with Crippen molar-refractivity contribution in [2.45, 2.75) is 51.0 Å². The molecule has 0 radical (unpaired) electrons. The zero-order chi connectivity index (χ0) is 14.9. The lowest BCUT2D eigenvalue weighted by Gasteiger charge is -2.48. The number of hydrogen-bond acceptors (Lipinski definition) is 3. The Morgan fingerprint density at radius 2 is 2.24 bits per heavy atom. The van der Waals surface area contributed by atoms with Gasteiger partial charge < -0.3 is 10.1 Å². The maximum atomic E-state index is 11.8. The Morgan fingerprint density at radius 3 is 3.05 bits per heavy atom. The van der Waals surface area contributed by atoms with Gasteiger partial charge in [-0.2, -0.15) is 0 Å². The Labute approximate surface area is 126 Å². The van der Waals surface area contributed by atoms with Gasteiger partial charge in [0, 0.05) is 28.8 Å². The fourth-order valence-corrected chi connectivity index (χ4v) is 3.82. The molecule has 2 aliphatic rings. The first kappa shape index (κ1) is 14.2. The van der Waals surface area contributed by atoms with Crippen molar-refractivity contribution in [2.75, 3.05) is 6.61 Å². The van der Waals surface area contributed by atoms with Gasteiger partial charge in [-0.25, -0.2) is 4.79 Å². The van der Waals surface area contributed by atoms with E-state index in [1.54, 1.807) is 6.08 Å². The fraction of sp³-hybridized carbons (Fsp3) is 0.500. The van der Waals surface area contributed by atoms with E-state index >= 15 is 0 Å². The molecule has 0 aromatic heterocycles. The summed E-state index contributed by atoms with van der Waals surface area (Å²) in [4.78, 5) is 11.8. The van der Waals surface area contributed by atoms with Crippen LogP contribution in [0.2, 0.25) is 0 Å². The van der Waals surface area contributed by atoms with Gasteiger partial charge in [0.25, 0.3) is 0 Å². The van der Waals surface area contributed by atoms with Crippen molar-refractivity contribution in [1.82, 2.24) is 5.32 Å². The molecule has 0 amide bonds. The smallest absolute Gasteiger partial charge is 0.332 e. The third kappa shape index (κ3) is 2.57.